The summed E-state index contributed by atoms with van der Waals surface area (Å²) >= 11 is 0. The van der Waals surface area contributed by atoms with E-state index in [1.165, 1.54) is 89.3 Å². The summed E-state index contributed by atoms with van der Waals surface area (Å²) in [5.74, 6) is 0. The van der Waals surface area contributed by atoms with Gasteiger partial charge in [-0.3, -0.25) is 0 Å². The summed E-state index contributed by atoms with van der Waals surface area (Å²) < 4.78 is 7.05. The van der Waals surface area contributed by atoms with Crippen LogP contribution in [-0.4, -0.2) is 6.71 Å². The van der Waals surface area contributed by atoms with Gasteiger partial charge in [-0.05, 0) is 151 Å². The van der Waals surface area contributed by atoms with Crippen molar-refractivity contribution < 1.29 is 4.42 Å². The molecule has 1 aliphatic carbocycles. The van der Waals surface area contributed by atoms with Crippen LogP contribution >= 0.6 is 0 Å². The van der Waals surface area contributed by atoms with E-state index in [0.29, 0.717) is 0 Å². The van der Waals surface area contributed by atoms with Crippen molar-refractivity contribution in [2.24, 2.45) is 0 Å². The lowest BCUT2D eigenvalue weighted by Gasteiger charge is -2.45. The molecule has 0 spiro atoms. The van der Waals surface area contributed by atoms with Gasteiger partial charge in [-0.25, -0.2) is 0 Å². The molecule has 0 unspecified atom stereocenters. The molecule has 3 nitrogen and oxygen atoms in total. The number of fused-ring (bicyclic) bond motifs is 8. The van der Waals surface area contributed by atoms with Crippen molar-refractivity contribution in [3.8, 4) is 11.1 Å². The van der Waals surface area contributed by atoms with E-state index in [1.807, 2.05) is 0 Å². The predicted molar refractivity (Wildman–Crippen MR) is 271 cm³/mol. The molecule has 3 heterocycles. The van der Waals surface area contributed by atoms with Gasteiger partial charge in [0.2, 0.25) is 0 Å². The molecule has 0 saturated heterocycles. The van der Waals surface area contributed by atoms with Crippen molar-refractivity contribution in [3.63, 3.8) is 0 Å². The van der Waals surface area contributed by atoms with Crippen LogP contribution in [0.15, 0.2) is 132 Å². The summed E-state index contributed by atoms with van der Waals surface area (Å²) in [6.45, 7) is 28.4. The maximum atomic E-state index is 7.05. The van der Waals surface area contributed by atoms with E-state index in [2.05, 4.69) is 220 Å². The molecule has 4 heteroatoms. The molecule has 2 aliphatic heterocycles. The summed E-state index contributed by atoms with van der Waals surface area (Å²) in [5, 5.41) is 2.32. The highest BCUT2D eigenvalue weighted by Crippen LogP contribution is 2.54. The van der Waals surface area contributed by atoms with Crippen molar-refractivity contribution in [1.29, 1.82) is 0 Å². The van der Waals surface area contributed by atoms with E-state index >= 15 is 0 Å². The molecular formula is C59H59BN2O. The highest BCUT2D eigenvalue weighted by molar-refractivity contribution is 7.00. The van der Waals surface area contributed by atoms with Gasteiger partial charge < -0.3 is 14.2 Å². The summed E-state index contributed by atoms with van der Waals surface area (Å²) in [7, 11) is 0. The molecule has 7 aromatic carbocycles. The molecule has 3 aliphatic rings. The second-order valence-corrected chi connectivity index (χ2v) is 22.3. The Bertz CT molecular complexity index is 3210. The number of anilines is 6. The second-order valence-electron chi connectivity index (χ2n) is 22.3. The third-order valence-electron chi connectivity index (χ3n) is 14.7. The Morgan fingerprint density at radius 1 is 0.508 bits per heavy atom. The number of furan rings is 1. The van der Waals surface area contributed by atoms with Gasteiger partial charge in [-0.1, -0.05) is 148 Å². The number of hydrogen-bond donors (Lipinski definition) is 0. The molecular weight excluding hydrogens is 763 g/mol. The molecule has 0 radical (unpaired) electrons. The van der Waals surface area contributed by atoms with Crippen molar-refractivity contribution in [3.05, 3.63) is 161 Å². The standard InChI is InChI=1S/C59H59BN2O/c1-35-26-50-54-51(27-35)62(52-31-40(57(6,7)8)29-42-41-20-16-17-21-53(41)63-55(42)52)49-33-44-43(58(9,10)34-59(44,11)12)32-46(49)60(54)45-30-39(56(3,4)5)24-25-47(45)61(50)48-28-38(23-22-36(48)2)37-18-14-13-15-19-37/h13-33H,34H2,1-12H3. The van der Waals surface area contributed by atoms with Gasteiger partial charge in [0.05, 0.1) is 5.69 Å². The fraction of sp³-hybridized carbons (Fsp3) is 0.288. The SMILES string of the molecule is Cc1cc2c3c(c1)N(c1cc(C(C)(C)C)cc4c1oc1ccccc14)c1cc4c(cc1B3c1cc(C(C)(C)C)ccc1N2c1cc(-c2ccccc2)ccc1C)C(C)(C)CC4(C)C. The van der Waals surface area contributed by atoms with Crippen LogP contribution in [0, 0.1) is 13.8 Å². The predicted octanol–water partition coefficient (Wildman–Crippen LogP) is 14.5. The van der Waals surface area contributed by atoms with E-state index in [4.69, 9.17) is 4.42 Å². The average molecular weight is 823 g/mol. The first-order valence-electron chi connectivity index (χ1n) is 23.0. The monoisotopic (exact) mass is 822 g/mol. The maximum Gasteiger partial charge on any atom is 0.252 e. The summed E-state index contributed by atoms with van der Waals surface area (Å²) in [4.78, 5) is 5.21. The largest absolute Gasteiger partial charge is 0.454 e. The van der Waals surface area contributed by atoms with E-state index in [-0.39, 0.29) is 28.4 Å². The fourth-order valence-electron chi connectivity index (χ4n) is 11.7. The zero-order chi connectivity index (χ0) is 44.1. The van der Waals surface area contributed by atoms with Crippen LogP contribution in [0.4, 0.5) is 34.1 Å². The third-order valence-corrected chi connectivity index (χ3v) is 14.7. The molecule has 1 aromatic heterocycles. The van der Waals surface area contributed by atoms with Crippen molar-refractivity contribution in [2.45, 2.75) is 111 Å². The van der Waals surface area contributed by atoms with Gasteiger partial charge >= 0.3 is 0 Å². The minimum absolute atomic E-state index is 0.00906. The lowest BCUT2D eigenvalue weighted by atomic mass is 9.33. The fourth-order valence-corrected chi connectivity index (χ4v) is 11.7. The molecule has 0 fully saturated rings. The number of aryl methyl sites for hydroxylation is 2. The highest BCUT2D eigenvalue weighted by Gasteiger charge is 2.49. The second kappa shape index (κ2) is 13.3. The lowest BCUT2D eigenvalue weighted by molar-refractivity contribution is 0.403. The van der Waals surface area contributed by atoms with E-state index < -0.39 is 0 Å². The smallest absolute Gasteiger partial charge is 0.252 e. The van der Waals surface area contributed by atoms with E-state index in [1.54, 1.807) is 0 Å². The van der Waals surface area contributed by atoms with Crippen LogP contribution in [0.3, 0.4) is 0 Å². The third kappa shape index (κ3) is 6.00. The molecule has 0 saturated carbocycles. The van der Waals surface area contributed by atoms with E-state index in [9.17, 15) is 0 Å². The number of rotatable bonds is 3. The molecule has 11 rings (SSSR count). The Balaban J connectivity index is 1.29. The number of hydrogen-bond acceptors (Lipinski definition) is 3. The maximum absolute atomic E-state index is 7.05. The zero-order valence-corrected chi connectivity index (χ0v) is 39.2. The first-order chi connectivity index (χ1) is 29.8. The molecule has 0 amide bonds. The van der Waals surface area contributed by atoms with Gasteiger partial charge in [0.25, 0.3) is 6.71 Å². The van der Waals surface area contributed by atoms with Crippen LogP contribution in [0.2, 0.25) is 0 Å². The minimum atomic E-state index is -0.0984. The number of para-hydroxylation sites is 1. The first kappa shape index (κ1) is 39.8. The van der Waals surface area contributed by atoms with Crippen LogP contribution < -0.4 is 26.2 Å². The van der Waals surface area contributed by atoms with Crippen molar-refractivity contribution in [1.82, 2.24) is 0 Å². The lowest BCUT2D eigenvalue weighted by Crippen LogP contribution is -2.61. The Morgan fingerprint density at radius 3 is 1.84 bits per heavy atom. The van der Waals surface area contributed by atoms with E-state index in [0.717, 1.165) is 34.0 Å². The molecule has 8 aromatic rings. The number of nitrogens with zero attached hydrogens (tertiary/aromatic N) is 2. The quantitative estimate of drug-likeness (QED) is 0.166. The Morgan fingerprint density at radius 2 is 1.14 bits per heavy atom. The first-order valence-corrected chi connectivity index (χ1v) is 23.0. The van der Waals surface area contributed by atoms with Crippen LogP contribution in [0.5, 0.6) is 0 Å². The Labute approximate surface area is 374 Å². The molecule has 0 atom stereocenters. The molecule has 0 N–H and O–H groups in total. The number of benzene rings is 7. The van der Waals surface area contributed by atoms with Gasteiger partial charge in [0, 0.05) is 39.2 Å². The topological polar surface area (TPSA) is 19.6 Å². The Kier molecular flexibility index (Phi) is 8.39. The van der Waals surface area contributed by atoms with Crippen LogP contribution in [0.25, 0.3) is 33.1 Å². The highest BCUT2D eigenvalue weighted by atomic mass is 16.3. The Hall–Kier alpha value is -6.00. The van der Waals surface area contributed by atoms with Gasteiger partial charge in [0.15, 0.2) is 5.58 Å². The summed E-state index contributed by atoms with van der Waals surface area (Å²) in [6, 6.07) is 48.7. The molecule has 314 valence electrons. The van der Waals surface area contributed by atoms with Crippen LogP contribution in [-0.2, 0) is 21.7 Å². The normalized spacial score (nSPS) is 16.0. The van der Waals surface area contributed by atoms with Gasteiger partial charge in [-0.15, -0.1) is 0 Å². The summed E-state index contributed by atoms with van der Waals surface area (Å²) in [5.41, 5.74) is 23.6. The summed E-state index contributed by atoms with van der Waals surface area (Å²) in [6.07, 6.45) is 1.10. The van der Waals surface area contributed by atoms with Crippen LogP contribution in [0.1, 0.15) is 109 Å². The van der Waals surface area contributed by atoms with Crippen molar-refractivity contribution >= 4 is 79.2 Å². The zero-order valence-electron chi connectivity index (χ0n) is 39.2. The molecule has 63 heavy (non-hydrogen) atoms. The van der Waals surface area contributed by atoms with Gasteiger partial charge in [0.1, 0.15) is 5.58 Å². The molecule has 0 bridgehead atoms. The van der Waals surface area contributed by atoms with Crippen molar-refractivity contribution in [2.75, 3.05) is 9.80 Å². The average Bonchev–Trinajstić information content (AvgIpc) is 3.69. The minimum Gasteiger partial charge on any atom is -0.454 e. The van der Waals surface area contributed by atoms with Gasteiger partial charge in [-0.2, -0.15) is 0 Å².